The molecule has 0 fully saturated rings. The standard InChI is InChI=1S/C12H21N3O3S/c1-7-9(8(16)5-6-13)19-10(14-7)15-11(17)18-12(2,3)4/h8,16H,5-6,13H2,1-4H3,(H,14,15,17). The number of carbonyl (C=O) groups excluding carboxylic acids is 1. The van der Waals surface area contributed by atoms with Crippen LogP contribution in [0.3, 0.4) is 0 Å². The van der Waals surface area contributed by atoms with Crippen LogP contribution in [0, 0.1) is 6.92 Å². The number of aryl methyl sites for hydroxylation is 1. The number of rotatable bonds is 4. The number of hydrogen-bond acceptors (Lipinski definition) is 6. The van der Waals surface area contributed by atoms with Crippen molar-refractivity contribution in [1.29, 1.82) is 0 Å². The number of nitrogens with zero attached hydrogens (tertiary/aromatic N) is 1. The first kappa shape index (κ1) is 15.9. The van der Waals surface area contributed by atoms with Crippen molar-refractivity contribution in [2.75, 3.05) is 11.9 Å². The molecule has 0 bridgehead atoms. The van der Waals surface area contributed by atoms with Crippen molar-refractivity contribution in [3.05, 3.63) is 10.6 Å². The van der Waals surface area contributed by atoms with Crippen molar-refractivity contribution in [3.63, 3.8) is 0 Å². The molecule has 0 aromatic carbocycles. The number of hydrogen-bond donors (Lipinski definition) is 3. The minimum absolute atomic E-state index is 0.396. The van der Waals surface area contributed by atoms with E-state index >= 15 is 0 Å². The van der Waals surface area contributed by atoms with Crippen molar-refractivity contribution in [2.45, 2.75) is 45.8 Å². The maximum Gasteiger partial charge on any atom is 0.413 e. The molecule has 1 rings (SSSR count). The van der Waals surface area contributed by atoms with Crippen LogP contribution in [0.1, 0.15) is 43.9 Å². The molecule has 7 heteroatoms. The van der Waals surface area contributed by atoms with E-state index in [0.717, 1.165) is 4.88 Å². The first-order valence-corrected chi connectivity index (χ1v) is 6.90. The van der Waals surface area contributed by atoms with E-state index in [1.54, 1.807) is 27.7 Å². The molecule has 1 amide bonds. The molecule has 0 saturated heterocycles. The van der Waals surface area contributed by atoms with Gasteiger partial charge in [-0.05, 0) is 40.7 Å². The van der Waals surface area contributed by atoms with Crippen LogP contribution >= 0.6 is 11.3 Å². The van der Waals surface area contributed by atoms with Gasteiger partial charge < -0.3 is 15.6 Å². The van der Waals surface area contributed by atoms with Crippen LogP contribution in [0.4, 0.5) is 9.93 Å². The molecule has 0 radical (unpaired) electrons. The quantitative estimate of drug-likeness (QED) is 0.788. The molecule has 1 heterocycles. The third-order valence-corrected chi connectivity index (χ3v) is 3.36. The van der Waals surface area contributed by atoms with Gasteiger partial charge in [0.2, 0.25) is 0 Å². The van der Waals surface area contributed by atoms with Crippen LogP contribution < -0.4 is 11.1 Å². The minimum atomic E-state index is -0.642. The van der Waals surface area contributed by atoms with E-state index in [0.29, 0.717) is 23.8 Å². The molecule has 4 N–H and O–H groups in total. The number of carbonyl (C=O) groups is 1. The fourth-order valence-corrected chi connectivity index (χ4v) is 2.42. The second-order valence-corrected chi connectivity index (χ2v) is 6.22. The lowest BCUT2D eigenvalue weighted by Gasteiger charge is -2.18. The molecule has 0 aliphatic heterocycles. The molecule has 6 nitrogen and oxygen atoms in total. The number of nitrogens with two attached hydrogens (primary N) is 1. The van der Waals surface area contributed by atoms with Crippen molar-refractivity contribution in [3.8, 4) is 0 Å². The van der Waals surface area contributed by atoms with Gasteiger partial charge in [0, 0.05) is 0 Å². The van der Waals surface area contributed by atoms with Crippen molar-refractivity contribution >= 4 is 22.6 Å². The molecule has 108 valence electrons. The molecular formula is C12H21N3O3S. The maximum absolute atomic E-state index is 11.6. The zero-order valence-electron chi connectivity index (χ0n) is 11.7. The predicted octanol–water partition coefficient (Wildman–Crippen LogP) is 2.18. The lowest BCUT2D eigenvalue weighted by Crippen LogP contribution is -2.27. The number of nitrogens with one attached hydrogen (secondary N) is 1. The van der Waals surface area contributed by atoms with Crippen LogP contribution in [0.2, 0.25) is 0 Å². The maximum atomic E-state index is 11.6. The number of aliphatic hydroxyl groups is 1. The van der Waals surface area contributed by atoms with Crippen molar-refractivity contribution in [2.24, 2.45) is 5.73 Å². The highest BCUT2D eigenvalue weighted by molar-refractivity contribution is 7.16. The molecule has 1 unspecified atom stereocenters. The van der Waals surface area contributed by atoms with Gasteiger partial charge in [0.1, 0.15) is 5.60 Å². The lowest BCUT2D eigenvalue weighted by molar-refractivity contribution is 0.0636. The summed E-state index contributed by atoms with van der Waals surface area (Å²) in [5.41, 5.74) is 5.54. The van der Waals surface area contributed by atoms with Crippen LogP contribution in [0.15, 0.2) is 0 Å². The van der Waals surface area contributed by atoms with E-state index in [1.165, 1.54) is 11.3 Å². The van der Waals surface area contributed by atoms with Gasteiger partial charge in [0.15, 0.2) is 5.13 Å². The largest absolute Gasteiger partial charge is 0.444 e. The Kier molecular flexibility index (Phi) is 5.28. The smallest absolute Gasteiger partial charge is 0.413 e. The number of amides is 1. The van der Waals surface area contributed by atoms with Gasteiger partial charge in [-0.3, -0.25) is 5.32 Å². The van der Waals surface area contributed by atoms with Crippen LogP contribution in [0.25, 0.3) is 0 Å². The zero-order valence-corrected chi connectivity index (χ0v) is 12.5. The molecule has 0 aliphatic rings. The third-order valence-electron chi connectivity index (χ3n) is 2.18. The third kappa shape index (κ3) is 5.14. The summed E-state index contributed by atoms with van der Waals surface area (Å²) < 4.78 is 5.13. The highest BCUT2D eigenvalue weighted by Crippen LogP contribution is 2.30. The van der Waals surface area contributed by atoms with E-state index in [1.807, 2.05) is 0 Å². The summed E-state index contributed by atoms with van der Waals surface area (Å²) in [5, 5.41) is 12.9. The molecular weight excluding hydrogens is 266 g/mol. The molecule has 0 spiro atoms. The number of anilines is 1. The van der Waals surface area contributed by atoms with E-state index in [4.69, 9.17) is 10.5 Å². The second-order valence-electron chi connectivity index (χ2n) is 5.19. The number of thiazole rings is 1. The Balaban J connectivity index is 2.71. The van der Waals surface area contributed by atoms with Crippen LogP contribution in [-0.4, -0.2) is 28.3 Å². The Morgan fingerprint density at radius 3 is 2.74 bits per heavy atom. The van der Waals surface area contributed by atoms with Crippen LogP contribution in [-0.2, 0) is 4.74 Å². The molecule has 0 aliphatic carbocycles. The Morgan fingerprint density at radius 1 is 1.58 bits per heavy atom. The zero-order chi connectivity index (χ0) is 14.6. The fraction of sp³-hybridized carbons (Fsp3) is 0.667. The first-order valence-electron chi connectivity index (χ1n) is 6.08. The Hall–Kier alpha value is -1.18. The fourth-order valence-electron chi connectivity index (χ4n) is 1.45. The lowest BCUT2D eigenvalue weighted by atomic mass is 10.2. The highest BCUT2D eigenvalue weighted by atomic mass is 32.1. The Bertz CT molecular complexity index is 440. The summed E-state index contributed by atoms with van der Waals surface area (Å²) in [6.07, 6.45) is -0.729. The Morgan fingerprint density at radius 2 is 2.21 bits per heavy atom. The first-order chi connectivity index (χ1) is 8.73. The highest BCUT2D eigenvalue weighted by Gasteiger charge is 2.20. The summed E-state index contributed by atoms with van der Waals surface area (Å²) in [4.78, 5) is 16.5. The van der Waals surface area contributed by atoms with Crippen LogP contribution in [0.5, 0.6) is 0 Å². The molecule has 1 aromatic heterocycles. The predicted molar refractivity (Wildman–Crippen MR) is 75.3 cm³/mol. The second kappa shape index (κ2) is 6.31. The van der Waals surface area contributed by atoms with Gasteiger partial charge in [-0.1, -0.05) is 11.3 Å². The SMILES string of the molecule is Cc1nc(NC(=O)OC(C)(C)C)sc1C(O)CCN. The van der Waals surface area contributed by atoms with Gasteiger partial charge in [-0.15, -0.1) is 0 Å². The summed E-state index contributed by atoms with van der Waals surface area (Å²) in [6, 6.07) is 0. The van der Waals surface area contributed by atoms with Gasteiger partial charge in [-0.2, -0.15) is 0 Å². The summed E-state index contributed by atoms with van der Waals surface area (Å²) in [7, 11) is 0. The van der Waals surface area contributed by atoms with Gasteiger partial charge in [0.25, 0.3) is 0 Å². The number of aliphatic hydroxyl groups excluding tert-OH is 1. The average Bonchev–Trinajstić information content (AvgIpc) is 2.56. The average molecular weight is 287 g/mol. The van der Waals surface area contributed by atoms with Crippen molar-refractivity contribution in [1.82, 2.24) is 4.98 Å². The van der Waals surface area contributed by atoms with E-state index in [2.05, 4.69) is 10.3 Å². The monoisotopic (exact) mass is 287 g/mol. The number of ether oxygens (including phenoxy) is 1. The summed E-state index contributed by atoms with van der Waals surface area (Å²) in [6.45, 7) is 7.54. The molecule has 0 saturated carbocycles. The number of aromatic nitrogens is 1. The van der Waals surface area contributed by atoms with Gasteiger partial charge in [-0.25, -0.2) is 9.78 Å². The Labute approximate surface area is 117 Å². The minimum Gasteiger partial charge on any atom is -0.444 e. The van der Waals surface area contributed by atoms with E-state index in [-0.39, 0.29) is 0 Å². The van der Waals surface area contributed by atoms with E-state index < -0.39 is 17.8 Å². The normalized spacial score (nSPS) is 13.2. The molecule has 19 heavy (non-hydrogen) atoms. The van der Waals surface area contributed by atoms with E-state index in [9.17, 15) is 9.90 Å². The van der Waals surface area contributed by atoms with Gasteiger partial charge in [0.05, 0.1) is 16.7 Å². The topological polar surface area (TPSA) is 97.5 Å². The van der Waals surface area contributed by atoms with Gasteiger partial charge >= 0.3 is 6.09 Å². The molecule has 1 atom stereocenters. The summed E-state index contributed by atoms with van der Waals surface area (Å²) >= 11 is 1.23. The van der Waals surface area contributed by atoms with Crippen molar-refractivity contribution < 1.29 is 14.6 Å². The summed E-state index contributed by atoms with van der Waals surface area (Å²) in [5.74, 6) is 0. The molecule has 1 aromatic rings.